The summed E-state index contributed by atoms with van der Waals surface area (Å²) in [5.41, 5.74) is 7.18. The molecule has 0 bridgehead atoms. The summed E-state index contributed by atoms with van der Waals surface area (Å²) in [4.78, 5) is 12.3. The number of amides is 1. The maximum absolute atomic E-state index is 12.3. The van der Waals surface area contributed by atoms with Crippen molar-refractivity contribution in [2.75, 3.05) is 0 Å². The molecule has 1 aromatic carbocycles. The molecule has 114 valence electrons. The van der Waals surface area contributed by atoms with Crippen LogP contribution in [0.3, 0.4) is 0 Å². The highest BCUT2D eigenvalue weighted by atomic mass is 28.3. The lowest BCUT2D eigenvalue weighted by Gasteiger charge is -2.56. The molecule has 0 saturated carbocycles. The third-order valence-corrected chi connectivity index (χ3v) is 10.3. The minimum absolute atomic E-state index is 0.0265. The van der Waals surface area contributed by atoms with Gasteiger partial charge in [-0.25, -0.2) is 0 Å². The van der Waals surface area contributed by atoms with Crippen LogP contribution in [0, 0.1) is 0 Å². The first-order valence-corrected chi connectivity index (χ1v) is 10.4. The summed E-state index contributed by atoms with van der Waals surface area (Å²) in [5.74, 6) is 0.101. The zero-order valence-electron chi connectivity index (χ0n) is 13.6. The van der Waals surface area contributed by atoms with Crippen LogP contribution in [0.5, 0.6) is 0 Å². The van der Waals surface area contributed by atoms with Crippen LogP contribution < -0.4 is 5.73 Å². The van der Waals surface area contributed by atoms with Gasteiger partial charge in [-0.2, -0.15) is 0 Å². The van der Waals surface area contributed by atoms with Crippen molar-refractivity contribution in [2.24, 2.45) is 5.73 Å². The second kappa shape index (κ2) is 5.43. The minimum Gasteiger partial charge on any atom is -0.360 e. The van der Waals surface area contributed by atoms with Crippen LogP contribution in [-0.2, 0) is 4.79 Å². The minimum atomic E-state index is -1.88. The van der Waals surface area contributed by atoms with Gasteiger partial charge in [0.1, 0.15) is 6.04 Å². The number of hydrogen-bond donors (Lipinski definition) is 1. The Bertz CT molecular complexity index is 546. The molecule has 0 spiro atoms. The van der Waals surface area contributed by atoms with E-state index in [1.165, 1.54) is 0 Å². The van der Waals surface area contributed by atoms with Crippen molar-refractivity contribution in [3.05, 3.63) is 42.0 Å². The van der Waals surface area contributed by atoms with E-state index in [9.17, 15) is 4.79 Å². The van der Waals surface area contributed by atoms with Gasteiger partial charge in [-0.3, -0.25) is 4.79 Å². The molecule has 0 unspecified atom stereocenters. The van der Waals surface area contributed by atoms with E-state index in [0.29, 0.717) is 0 Å². The van der Waals surface area contributed by atoms with E-state index < -0.39 is 8.24 Å². The molecule has 21 heavy (non-hydrogen) atoms. The average molecular weight is 302 g/mol. The number of carbonyl (C=O) groups excluding carboxylic acids is 1. The summed E-state index contributed by atoms with van der Waals surface area (Å²) in [6, 6.07) is 9.77. The summed E-state index contributed by atoms with van der Waals surface area (Å²) in [5, 5.41) is 0.127. The number of benzene rings is 1. The predicted molar refractivity (Wildman–Crippen MR) is 91.3 cm³/mol. The van der Waals surface area contributed by atoms with Crippen molar-refractivity contribution in [3.63, 3.8) is 0 Å². The Labute approximate surface area is 128 Å². The third kappa shape index (κ3) is 2.83. The fraction of sp³-hybridized carbons (Fsp3) is 0.471. The molecule has 1 heterocycles. The maximum atomic E-state index is 12.3. The Morgan fingerprint density at radius 3 is 2.29 bits per heavy atom. The van der Waals surface area contributed by atoms with Crippen molar-refractivity contribution >= 4 is 20.2 Å². The highest BCUT2D eigenvalue weighted by Crippen LogP contribution is 2.42. The van der Waals surface area contributed by atoms with Crippen molar-refractivity contribution < 1.29 is 4.79 Å². The molecule has 1 aliphatic rings. The van der Waals surface area contributed by atoms with Crippen molar-refractivity contribution in [1.82, 2.24) is 4.57 Å². The lowest BCUT2D eigenvalue weighted by atomic mass is 9.98. The molecule has 2 rings (SSSR count). The van der Waals surface area contributed by atoms with Crippen LogP contribution in [0.15, 0.2) is 36.4 Å². The van der Waals surface area contributed by atoms with E-state index in [1.807, 2.05) is 18.2 Å². The van der Waals surface area contributed by atoms with Gasteiger partial charge in [0.15, 0.2) is 8.24 Å². The van der Waals surface area contributed by atoms with Gasteiger partial charge in [0.2, 0.25) is 5.91 Å². The molecule has 0 aliphatic carbocycles. The quantitative estimate of drug-likeness (QED) is 0.688. The molecular weight excluding hydrogens is 276 g/mol. The van der Waals surface area contributed by atoms with Crippen molar-refractivity contribution in [3.8, 4) is 0 Å². The monoisotopic (exact) mass is 302 g/mol. The number of nitrogens with two attached hydrogens (primary N) is 1. The Morgan fingerprint density at radius 1 is 1.19 bits per heavy atom. The number of nitrogens with zero attached hydrogens (tertiary/aromatic N) is 1. The molecule has 2 atom stereocenters. The topological polar surface area (TPSA) is 46.3 Å². The Morgan fingerprint density at radius 2 is 1.76 bits per heavy atom. The number of β-lactam (4-membered cyclic amide) rings is 1. The number of rotatable bonds is 3. The SMILES string of the molecule is CC(C)(C)[Si](C)(C)N1C(=O)[C@H](N)[C@@H]1/C=C/c1ccccc1. The van der Waals surface area contributed by atoms with E-state index >= 15 is 0 Å². The van der Waals surface area contributed by atoms with Gasteiger partial charge in [0.05, 0.1) is 6.04 Å². The van der Waals surface area contributed by atoms with Crippen LogP contribution in [0.2, 0.25) is 18.1 Å². The van der Waals surface area contributed by atoms with Crippen LogP contribution in [0.25, 0.3) is 6.08 Å². The summed E-state index contributed by atoms with van der Waals surface area (Å²) < 4.78 is 2.07. The molecule has 1 amide bonds. The predicted octanol–water partition coefficient (Wildman–Crippen LogP) is 3.24. The molecular formula is C17H26N2OSi. The van der Waals surface area contributed by atoms with Crippen LogP contribution >= 0.6 is 0 Å². The molecule has 1 aliphatic heterocycles. The second-order valence-electron chi connectivity index (χ2n) is 7.30. The van der Waals surface area contributed by atoms with Gasteiger partial charge in [-0.15, -0.1) is 0 Å². The molecule has 1 fully saturated rings. The standard InChI is InChI=1S/C17H26N2OSi/c1-17(2,3)21(4,5)19-14(15(18)16(19)20)12-11-13-9-7-6-8-10-13/h6-12,14-15H,18H2,1-5H3/b12-11+/t14-,15+/m0/s1. The lowest BCUT2D eigenvalue weighted by molar-refractivity contribution is -0.139. The zero-order chi connectivity index (χ0) is 15.8. The zero-order valence-corrected chi connectivity index (χ0v) is 14.6. The third-order valence-electron chi connectivity index (χ3n) is 4.91. The van der Waals surface area contributed by atoms with E-state index in [0.717, 1.165) is 5.56 Å². The van der Waals surface area contributed by atoms with Gasteiger partial charge in [0.25, 0.3) is 0 Å². The Kier molecular flexibility index (Phi) is 4.13. The van der Waals surface area contributed by atoms with E-state index in [2.05, 4.69) is 62.7 Å². The van der Waals surface area contributed by atoms with E-state index in [4.69, 9.17) is 5.73 Å². The van der Waals surface area contributed by atoms with Gasteiger partial charge in [0, 0.05) is 0 Å². The molecule has 1 aromatic rings. The van der Waals surface area contributed by atoms with Gasteiger partial charge < -0.3 is 10.3 Å². The molecule has 0 aromatic heterocycles. The highest BCUT2D eigenvalue weighted by Gasteiger charge is 2.55. The fourth-order valence-electron chi connectivity index (χ4n) is 2.52. The first kappa shape index (κ1) is 16.0. The maximum Gasteiger partial charge on any atom is 0.234 e. The lowest BCUT2D eigenvalue weighted by Crippen LogP contribution is -2.76. The first-order valence-electron chi connectivity index (χ1n) is 7.48. The second-order valence-corrected chi connectivity index (χ2v) is 12.4. The number of carbonyl (C=O) groups is 1. The van der Waals surface area contributed by atoms with Crippen LogP contribution in [0.4, 0.5) is 0 Å². The van der Waals surface area contributed by atoms with Crippen LogP contribution in [-0.4, -0.2) is 30.8 Å². The summed E-state index contributed by atoms with van der Waals surface area (Å²) in [6.07, 6.45) is 4.15. The van der Waals surface area contributed by atoms with Crippen LogP contribution in [0.1, 0.15) is 26.3 Å². The highest BCUT2D eigenvalue weighted by molar-refractivity contribution is 6.80. The van der Waals surface area contributed by atoms with Crippen molar-refractivity contribution in [1.29, 1.82) is 0 Å². The first-order chi connectivity index (χ1) is 9.66. The number of hydrogen-bond acceptors (Lipinski definition) is 2. The largest absolute Gasteiger partial charge is 0.360 e. The van der Waals surface area contributed by atoms with E-state index in [-0.39, 0.29) is 23.0 Å². The van der Waals surface area contributed by atoms with Gasteiger partial charge in [-0.05, 0) is 10.6 Å². The van der Waals surface area contributed by atoms with Crippen molar-refractivity contribution in [2.45, 2.75) is 51.0 Å². The summed E-state index contributed by atoms with van der Waals surface area (Å²) >= 11 is 0. The summed E-state index contributed by atoms with van der Waals surface area (Å²) in [7, 11) is -1.88. The summed E-state index contributed by atoms with van der Waals surface area (Å²) in [6.45, 7) is 11.2. The molecule has 4 heteroatoms. The van der Waals surface area contributed by atoms with Gasteiger partial charge in [-0.1, -0.05) is 76.3 Å². The fourth-order valence-corrected chi connectivity index (χ4v) is 4.94. The Hall–Kier alpha value is -1.39. The Balaban J connectivity index is 2.23. The molecule has 0 radical (unpaired) electrons. The van der Waals surface area contributed by atoms with E-state index in [1.54, 1.807) is 0 Å². The molecule has 1 saturated heterocycles. The normalized spacial score (nSPS) is 23.5. The average Bonchev–Trinajstić information content (AvgIpc) is 2.41. The smallest absolute Gasteiger partial charge is 0.234 e. The molecule has 2 N–H and O–H groups in total. The molecule has 3 nitrogen and oxygen atoms in total. The van der Waals surface area contributed by atoms with Gasteiger partial charge >= 0.3 is 0 Å².